The van der Waals surface area contributed by atoms with Crippen molar-refractivity contribution < 1.29 is 14.5 Å². The van der Waals surface area contributed by atoms with Crippen LogP contribution in [0.4, 0.5) is 5.69 Å². The molecule has 0 saturated carbocycles. The molecule has 0 aliphatic carbocycles. The molecule has 1 aromatic carbocycles. The van der Waals surface area contributed by atoms with E-state index in [-0.39, 0.29) is 35.0 Å². The largest absolute Gasteiger partial charge is 0.426 e. The van der Waals surface area contributed by atoms with E-state index >= 15 is 0 Å². The van der Waals surface area contributed by atoms with E-state index < -0.39 is 10.9 Å². The van der Waals surface area contributed by atoms with E-state index in [1.807, 2.05) is 0 Å². The Labute approximate surface area is 95.9 Å². The van der Waals surface area contributed by atoms with E-state index in [9.17, 15) is 14.9 Å². The fraction of sp³-hybridized carbons (Fsp3) is 0.125. The second kappa shape index (κ2) is 6.10. The lowest BCUT2D eigenvalue weighted by Crippen LogP contribution is -2.19. The van der Waals surface area contributed by atoms with E-state index in [0.29, 0.717) is 0 Å². The maximum Gasteiger partial charge on any atom is 0.325 e. The molecule has 0 aliphatic rings. The Morgan fingerprint density at radius 2 is 1.93 bits per heavy atom. The fourth-order valence-corrected chi connectivity index (χ4v) is 0.809. The van der Waals surface area contributed by atoms with Crippen molar-refractivity contribution in [3.8, 4) is 5.75 Å². The second-order valence-electron chi connectivity index (χ2n) is 2.43. The quantitative estimate of drug-likeness (QED) is 0.385. The summed E-state index contributed by atoms with van der Waals surface area (Å²) in [5, 5.41) is 10.3. The number of esters is 1. The van der Waals surface area contributed by atoms with Crippen molar-refractivity contribution in [3.05, 3.63) is 34.4 Å². The Morgan fingerprint density at radius 3 is 2.33 bits per heavy atom. The van der Waals surface area contributed by atoms with Crippen molar-refractivity contribution in [3.63, 3.8) is 0 Å². The summed E-state index contributed by atoms with van der Waals surface area (Å²) in [7, 11) is 0. The Bertz CT molecular complexity index is 352. The average molecular weight is 277 g/mol. The average Bonchev–Trinajstić information content (AvgIpc) is 2.18. The van der Waals surface area contributed by atoms with Crippen molar-refractivity contribution in [2.45, 2.75) is 0 Å². The zero-order chi connectivity index (χ0) is 10.6. The number of hydrogen-bond donors (Lipinski definition) is 1. The molecule has 7 heteroatoms. The van der Waals surface area contributed by atoms with E-state index in [1.54, 1.807) is 0 Å². The minimum atomic E-state index is -0.584. The molecular weight excluding hydrogens is 268 g/mol. The molecule has 2 N–H and O–H groups in total. The summed E-state index contributed by atoms with van der Waals surface area (Å²) in [5.41, 5.74) is 4.96. The number of nitro benzene ring substituents is 1. The molecule has 0 bridgehead atoms. The summed E-state index contributed by atoms with van der Waals surface area (Å²) in [6.45, 7) is -0.225. The van der Waals surface area contributed by atoms with Gasteiger partial charge in [0, 0.05) is 12.1 Å². The van der Waals surface area contributed by atoms with Gasteiger partial charge in [0.25, 0.3) is 5.69 Å². The molecule has 0 spiro atoms. The molecule has 0 atom stereocenters. The molecule has 1 rings (SSSR count). The van der Waals surface area contributed by atoms with Crippen molar-refractivity contribution in [1.82, 2.24) is 0 Å². The van der Waals surface area contributed by atoms with Crippen LogP contribution in [0.3, 0.4) is 0 Å². The molecule has 0 unspecified atom stereocenters. The number of carbonyl (C=O) groups excluding carboxylic acids is 1. The highest BCUT2D eigenvalue weighted by atomic mass is 79.9. The topological polar surface area (TPSA) is 95.5 Å². The van der Waals surface area contributed by atoms with Crippen molar-refractivity contribution in [2.24, 2.45) is 5.73 Å². The standard InChI is InChI=1S/C8H8N2O4.BrH/c9-5-8(11)14-7-3-1-6(2-4-7)10(12)13;/h1-4H,5,9H2;1H. The number of rotatable bonds is 3. The number of hydrogen-bond acceptors (Lipinski definition) is 5. The van der Waals surface area contributed by atoms with Crippen molar-refractivity contribution >= 4 is 28.6 Å². The molecule has 0 amide bonds. The van der Waals surface area contributed by atoms with Crippen molar-refractivity contribution in [2.75, 3.05) is 6.54 Å². The van der Waals surface area contributed by atoms with Gasteiger partial charge in [0.15, 0.2) is 0 Å². The number of ether oxygens (including phenoxy) is 1. The third-order valence-corrected chi connectivity index (χ3v) is 1.45. The molecule has 15 heavy (non-hydrogen) atoms. The van der Waals surface area contributed by atoms with Gasteiger partial charge in [-0.3, -0.25) is 14.9 Å². The maximum absolute atomic E-state index is 10.7. The number of carbonyl (C=O) groups is 1. The fourth-order valence-electron chi connectivity index (χ4n) is 0.809. The lowest BCUT2D eigenvalue weighted by Gasteiger charge is -2.00. The van der Waals surface area contributed by atoms with Crippen LogP contribution < -0.4 is 10.5 Å². The van der Waals surface area contributed by atoms with Crippen LogP contribution in [0, 0.1) is 10.1 Å². The predicted molar refractivity (Wildman–Crippen MR) is 58.1 cm³/mol. The molecule has 0 heterocycles. The van der Waals surface area contributed by atoms with E-state index in [4.69, 9.17) is 10.5 Å². The number of nitrogens with two attached hydrogens (primary N) is 1. The van der Waals surface area contributed by atoms with Crippen LogP contribution >= 0.6 is 17.0 Å². The highest BCUT2D eigenvalue weighted by molar-refractivity contribution is 8.93. The molecule has 0 radical (unpaired) electrons. The Hall–Kier alpha value is -1.47. The summed E-state index contributed by atoms with van der Waals surface area (Å²) in [6, 6.07) is 5.18. The van der Waals surface area contributed by atoms with E-state index in [1.165, 1.54) is 24.3 Å². The first-order valence-electron chi connectivity index (χ1n) is 3.78. The highest BCUT2D eigenvalue weighted by Gasteiger charge is 2.06. The number of non-ortho nitro benzene ring substituents is 1. The molecule has 0 aromatic heterocycles. The zero-order valence-corrected chi connectivity index (χ0v) is 9.30. The van der Waals surface area contributed by atoms with Gasteiger partial charge in [-0.05, 0) is 12.1 Å². The van der Waals surface area contributed by atoms with Crippen LogP contribution in [-0.4, -0.2) is 17.4 Å². The Balaban J connectivity index is 0.00000196. The molecule has 1 aromatic rings. The monoisotopic (exact) mass is 276 g/mol. The first-order chi connectivity index (χ1) is 6.63. The normalized spacial score (nSPS) is 8.87. The van der Waals surface area contributed by atoms with Gasteiger partial charge in [-0.2, -0.15) is 0 Å². The van der Waals surface area contributed by atoms with E-state index in [0.717, 1.165) is 0 Å². The van der Waals surface area contributed by atoms with Crippen LogP contribution in [0.1, 0.15) is 0 Å². The summed E-state index contributed by atoms with van der Waals surface area (Å²) >= 11 is 0. The lowest BCUT2D eigenvalue weighted by molar-refractivity contribution is -0.384. The summed E-state index contributed by atoms with van der Waals surface area (Å²) in [5.74, 6) is -0.343. The second-order valence-corrected chi connectivity index (χ2v) is 2.43. The van der Waals surface area contributed by atoms with Crippen LogP contribution in [0.2, 0.25) is 0 Å². The summed E-state index contributed by atoms with van der Waals surface area (Å²) < 4.78 is 4.71. The van der Waals surface area contributed by atoms with Crippen LogP contribution in [0.25, 0.3) is 0 Å². The van der Waals surface area contributed by atoms with E-state index in [2.05, 4.69) is 0 Å². The summed E-state index contributed by atoms with van der Waals surface area (Å²) in [4.78, 5) is 20.5. The number of nitrogens with zero attached hydrogens (tertiary/aromatic N) is 1. The molecule has 82 valence electrons. The lowest BCUT2D eigenvalue weighted by atomic mass is 10.3. The molecule has 0 fully saturated rings. The number of halogens is 1. The first-order valence-corrected chi connectivity index (χ1v) is 3.78. The number of nitro groups is 1. The van der Waals surface area contributed by atoms with Crippen molar-refractivity contribution in [1.29, 1.82) is 0 Å². The van der Waals surface area contributed by atoms with Crippen LogP contribution in [0.15, 0.2) is 24.3 Å². The summed E-state index contributed by atoms with van der Waals surface area (Å²) in [6.07, 6.45) is 0. The maximum atomic E-state index is 10.7. The third kappa shape index (κ3) is 4.05. The van der Waals surface area contributed by atoms with Crippen LogP contribution in [-0.2, 0) is 4.79 Å². The van der Waals surface area contributed by atoms with Gasteiger partial charge in [-0.1, -0.05) is 0 Å². The zero-order valence-electron chi connectivity index (χ0n) is 7.58. The van der Waals surface area contributed by atoms with Gasteiger partial charge in [0.05, 0.1) is 11.5 Å². The number of benzene rings is 1. The molecule has 0 aliphatic heterocycles. The Morgan fingerprint density at radius 1 is 1.40 bits per heavy atom. The van der Waals surface area contributed by atoms with Gasteiger partial charge < -0.3 is 10.5 Å². The van der Waals surface area contributed by atoms with Gasteiger partial charge in [-0.25, -0.2) is 0 Å². The molecule has 0 saturated heterocycles. The predicted octanol–water partition coefficient (Wildman–Crippen LogP) is 1.04. The minimum Gasteiger partial charge on any atom is -0.426 e. The van der Waals surface area contributed by atoms with Gasteiger partial charge >= 0.3 is 5.97 Å². The molecule has 6 nitrogen and oxygen atoms in total. The third-order valence-electron chi connectivity index (χ3n) is 1.45. The van der Waals surface area contributed by atoms with Crippen LogP contribution in [0.5, 0.6) is 5.75 Å². The first kappa shape index (κ1) is 13.5. The Kier molecular flexibility index (Phi) is 5.50. The smallest absolute Gasteiger partial charge is 0.325 e. The van der Waals surface area contributed by atoms with Gasteiger partial charge in [0.2, 0.25) is 0 Å². The SMILES string of the molecule is Br.NCC(=O)Oc1ccc([N+](=O)[O-])cc1. The molecular formula is C8H9BrN2O4. The van der Waals surface area contributed by atoms with Gasteiger partial charge in [0.1, 0.15) is 5.75 Å². The highest BCUT2D eigenvalue weighted by Crippen LogP contribution is 2.17. The minimum absolute atomic E-state index is 0. The van der Waals surface area contributed by atoms with Gasteiger partial charge in [-0.15, -0.1) is 17.0 Å².